The van der Waals surface area contributed by atoms with Gasteiger partial charge in [0.1, 0.15) is 12.1 Å². The molecule has 2 N–H and O–H groups in total. The van der Waals surface area contributed by atoms with E-state index in [0.29, 0.717) is 0 Å². The van der Waals surface area contributed by atoms with Gasteiger partial charge in [-0.1, -0.05) is 32.0 Å². The molecule has 25 heavy (non-hydrogen) atoms. The first-order valence-electron chi connectivity index (χ1n) is 7.77. The third-order valence-electron chi connectivity index (χ3n) is 3.55. The molecule has 1 rings (SSSR count). The Bertz CT molecular complexity index is 602. The van der Waals surface area contributed by atoms with Gasteiger partial charge in [-0.3, -0.25) is 4.79 Å². The van der Waals surface area contributed by atoms with Crippen LogP contribution < -0.4 is 5.32 Å². The highest BCUT2D eigenvalue weighted by atomic mass is 19.4. The normalized spacial score (nSPS) is 14.1. The molecule has 0 unspecified atom stereocenters. The highest BCUT2D eigenvalue weighted by Gasteiger charge is 2.35. The van der Waals surface area contributed by atoms with E-state index in [4.69, 9.17) is 0 Å². The second-order valence-electron chi connectivity index (χ2n) is 6.09. The molecule has 0 aliphatic heterocycles. The minimum atomic E-state index is -4.58. The van der Waals surface area contributed by atoms with Gasteiger partial charge >= 0.3 is 12.1 Å². The molecule has 0 saturated heterocycles. The minimum absolute atomic E-state index is 0.0308. The molecule has 8 heteroatoms. The van der Waals surface area contributed by atoms with Crippen molar-refractivity contribution in [2.45, 2.75) is 45.0 Å². The molecule has 0 saturated carbocycles. The summed E-state index contributed by atoms with van der Waals surface area (Å²) in [6, 6.07) is 3.45. The summed E-state index contributed by atoms with van der Waals surface area (Å²) in [7, 11) is 1.07. The van der Waals surface area contributed by atoms with E-state index in [1.807, 2.05) is 0 Å². The molecule has 2 atom stereocenters. The van der Waals surface area contributed by atoms with Gasteiger partial charge < -0.3 is 15.2 Å². The number of esters is 1. The van der Waals surface area contributed by atoms with E-state index in [1.165, 1.54) is 18.2 Å². The van der Waals surface area contributed by atoms with Crippen LogP contribution in [0.5, 0.6) is 0 Å². The van der Waals surface area contributed by atoms with E-state index in [0.717, 1.165) is 13.2 Å². The Kier molecular flexibility index (Phi) is 7.41. The molecule has 5 nitrogen and oxygen atoms in total. The minimum Gasteiger partial charge on any atom is -0.467 e. The predicted octanol–water partition coefficient (Wildman–Crippen LogP) is 2.31. The van der Waals surface area contributed by atoms with Crippen LogP contribution in [0.2, 0.25) is 0 Å². The zero-order chi connectivity index (χ0) is 19.2. The average Bonchev–Trinajstić information content (AvgIpc) is 2.52. The molecule has 1 aromatic rings. The molecule has 0 bridgehead atoms. The van der Waals surface area contributed by atoms with Crippen molar-refractivity contribution in [3.8, 4) is 0 Å². The van der Waals surface area contributed by atoms with Gasteiger partial charge in [-0.15, -0.1) is 0 Å². The molecule has 0 aliphatic carbocycles. The van der Waals surface area contributed by atoms with Crippen LogP contribution in [0.3, 0.4) is 0 Å². The smallest absolute Gasteiger partial charge is 0.416 e. The Balaban J connectivity index is 2.99. The maximum atomic E-state index is 13.1. The van der Waals surface area contributed by atoms with E-state index >= 15 is 0 Å². The van der Waals surface area contributed by atoms with Crippen molar-refractivity contribution in [3.05, 3.63) is 35.4 Å². The second kappa shape index (κ2) is 8.84. The van der Waals surface area contributed by atoms with Crippen LogP contribution in [0, 0.1) is 5.92 Å². The van der Waals surface area contributed by atoms with Crippen molar-refractivity contribution < 1.29 is 32.6 Å². The quantitative estimate of drug-likeness (QED) is 0.731. The van der Waals surface area contributed by atoms with E-state index in [1.54, 1.807) is 13.8 Å². The van der Waals surface area contributed by atoms with Crippen molar-refractivity contribution in [2.75, 3.05) is 7.11 Å². The SMILES string of the molecule is COC(=O)[C@@H](Cc1ccccc1C(F)(F)F)NC(=O)[C@@H](O)CC(C)C. The first-order valence-corrected chi connectivity index (χ1v) is 7.77. The Morgan fingerprint density at radius 1 is 1.24 bits per heavy atom. The predicted molar refractivity (Wildman–Crippen MR) is 84.6 cm³/mol. The van der Waals surface area contributed by atoms with Crippen LogP contribution in [0.4, 0.5) is 13.2 Å². The molecule has 1 aromatic carbocycles. The van der Waals surface area contributed by atoms with Gasteiger partial charge in [0.25, 0.3) is 0 Å². The van der Waals surface area contributed by atoms with Crippen LogP contribution in [0.25, 0.3) is 0 Å². The Morgan fingerprint density at radius 2 is 1.84 bits per heavy atom. The fourth-order valence-corrected chi connectivity index (χ4v) is 2.35. The average molecular weight is 361 g/mol. The number of alkyl halides is 3. The number of benzene rings is 1. The third-order valence-corrected chi connectivity index (χ3v) is 3.55. The Labute approximate surface area is 144 Å². The lowest BCUT2D eigenvalue weighted by Crippen LogP contribution is -2.47. The zero-order valence-electron chi connectivity index (χ0n) is 14.3. The van der Waals surface area contributed by atoms with Gasteiger partial charge in [0.2, 0.25) is 5.91 Å². The second-order valence-corrected chi connectivity index (χ2v) is 6.09. The summed E-state index contributed by atoms with van der Waals surface area (Å²) in [6.07, 6.45) is -6.18. The van der Waals surface area contributed by atoms with Crippen LogP contribution >= 0.6 is 0 Å². The van der Waals surface area contributed by atoms with Gasteiger partial charge in [0.15, 0.2) is 0 Å². The summed E-state index contributed by atoms with van der Waals surface area (Å²) in [4.78, 5) is 23.8. The third kappa shape index (κ3) is 6.38. The number of carbonyl (C=O) groups excluding carboxylic acids is 2. The maximum absolute atomic E-state index is 13.1. The van der Waals surface area contributed by atoms with Gasteiger partial charge in [0, 0.05) is 6.42 Å². The van der Waals surface area contributed by atoms with Crippen molar-refractivity contribution in [1.82, 2.24) is 5.32 Å². The topological polar surface area (TPSA) is 75.6 Å². The van der Waals surface area contributed by atoms with Crippen LogP contribution in [0.15, 0.2) is 24.3 Å². The number of nitrogens with one attached hydrogen (secondary N) is 1. The molecular formula is C17H22F3NO4. The largest absolute Gasteiger partial charge is 0.467 e. The number of ether oxygens (including phenoxy) is 1. The summed E-state index contributed by atoms with van der Waals surface area (Å²) >= 11 is 0. The fourth-order valence-electron chi connectivity index (χ4n) is 2.35. The van der Waals surface area contributed by atoms with Gasteiger partial charge in [-0.25, -0.2) is 4.79 Å². The lowest BCUT2D eigenvalue weighted by Gasteiger charge is -2.21. The number of hydrogen-bond acceptors (Lipinski definition) is 4. The summed E-state index contributed by atoms with van der Waals surface area (Å²) < 4.78 is 43.8. The van der Waals surface area contributed by atoms with E-state index in [2.05, 4.69) is 10.1 Å². The van der Waals surface area contributed by atoms with Crippen LogP contribution in [-0.2, 0) is 26.9 Å². The van der Waals surface area contributed by atoms with Crippen molar-refractivity contribution in [1.29, 1.82) is 0 Å². The highest BCUT2D eigenvalue weighted by molar-refractivity contribution is 5.87. The van der Waals surface area contributed by atoms with Crippen LogP contribution in [-0.4, -0.2) is 36.2 Å². The molecule has 0 spiro atoms. The highest BCUT2D eigenvalue weighted by Crippen LogP contribution is 2.32. The molecular weight excluding hydrogens is 339 g/mol. The molecule has 0 aliphatic rings. The number of hydrogen-bond donors (Lipinski definition) is 2. The number of methoxy groups -OCH3 is 1. The van der Waals surface area contributed by atoms with Gasteiger partial charge in [-0.05, 0) is 24.0 Å². The van der Waals surface area contributed by atoms with E-state index in [9.17, 15) is 27.9 Å². The number of carbonyl (C=O) groups is 2. The zero-order valence-corrected chi connectivity index (χ0v) is 14.3. The molecule has 1 amide bonds. The molecule has 0 aromatic heterocycles. The Hall–Kier alpha value is -2.09. The number of amides is 1. The first kappa shape index (κ1) is 21.0. The number of rotatable bonds is 7. The molecule has 0 fully saturated rings. The van der Waals surface area contributed by atoms with Crippen LogP contribution in [0.1, 0.15) is 31.4 Å². The molecule has 0 radical (unpaired) electrons. The monoisotopic (exact) mass is 361 g/mol. The summed E-state index contributed by atoms with van der Waals surface area (Å²) in [5.41, 5.74) is -1.04. The Morgan fingerprint density at radius 3 is 2.36 bits per heavy atom. The number of aliphatic hydroxyl groups excluding tert-OH is 1. The standard InChI is InChI=1S/C17H22F3NO4/c1-10(2)8-14(22)15(23)21-13(16(24)25-3)9-11-6-4-5-7-12(11)17(18,19)20/h4-7,10,13-14,22H,8-9H2,1-3H3,(H,21,23)/t13-,14+/m1/s1. The van der Waals surface area contributed by atoms with Gasteiger partial charge in [-0.2, -0.15) is 13.2 Å². The lowest BCUT2D eigenvalue weighted by atomic mass is 9.99. The number of aliphatic hydroxyl groups is 1. The fraction of sp³-hybridized carbons (Fsp3) is 0.529. The van der Waals surface area contributed by atoms with E-state index in [-0.39, 0.29) is 17.9 Å². The van der Waals surface area contributed by atoms with E-state index < -0.39 is 42.2 Å². The summed E-state index contributed by atoms with van der Waals surface area (Å²) in [6.45, 7) is 3.60. The number of halogens is 3. The lowest BCUT2D eigenvalue weighted by molar-refractivity contribution is -0.147. The molecule has 0 heterocycles. The first-order chi connectivity index (χ1) is 11.6. The summed E-state index contributed by atoms with van der Waals surface area (Å²) in [5, 5.41) is 12.1. The van der Waals surface area contributed by atoms with Crippen molar-refractivity contribution in [2.24, 2.45) is 5.92 Å². The van der Waals surface area contributed by atoms with Crippen molar-refractivity contribution >= 4 is 11.9 Å². The molecule has 140 valence electrons. The summed E-state index contributed by atoms with van der Waals surface area (Å²) in [5.74, 6) is -1.68. The van der Waals surface area contributed by atoms with Gasteiger partial charge in [0.05, 0.1) is 12.7 Å². The van der Waals surface area contributed by atoms with Crippen molar-refractivity contribution in [3.63, 3.8) is 0 Å². The maximum Gasteiger partial charge on any atom is 0.416 e.